The summed E-state index contributed by atoms with van der Waals surface area (Å²) in [5, 5.41) is 12.1. The molecule has 1 aromatic heterocycles. The molecule has 0 aliphatic carbocycles. The lowest BCUT2D eigenvalue weighted by Gasteiger charge is -2.15. The minimum Gasteiger partial charge on any atom is -0.496 e. The highest BCUT2D eigenvalue weighted by Crippen LogP contribution is 2.34. The van der Waals surface area contributed by atoms with Crippen LogP contribution in [0.1, 0.15) is 42.5 Å². The Morgan fingerprint density at radius 2 is 2.21 bits per heavy atom. The normalized spacial score (nSPS) is 18.8. The predicted molar refractivity (Wildman–Crippen MR) is 90.3 cm³/mol. The zero-order valence-electron chi connectivity index (χ0n) is 14.3. The van der Waals surface area contributed by atoms with Crippen molar-refractivity contribution in [3.05, 3.63) is 34.9 Å². The molecule has 3 heterocycles. The van der Waals surface area contributed by atoms with Gasteiger partial charge >= 0.3 is 0 Å². The lowest BCUT2D eigenvalue weighted by Crippen LogP contribution is -2.19. The molecule has 0 radical (unpaired) electrons. The largest absolute Gasteiger partial charge is 0.496 e. The smallest absolute Gasteiger partial charge is 0.147 e. The van der Waals surface area contributed by atoms with Gasteiger partial charge in [0, 0.05) is 37.1 Å². The molecule has 24 heavy (non-hydrogen) atoms. The highest BCUT2D eigenvalue weighted by Gasteiger charge is 2.22. The van der Waals surface area contributed by atoms with Crippen molar-refractivity contribution in [2.24, 2.45) is 0 Å². The average molecular weight is 328 g/mol. The highest BCUT2D eigenvalue weighted by atomic mass is 16.5. The maximum atomic E-state index is 5.86. The van der Waals surface area contributed by atoms with Crippen LogP contribution in [0, 0.1) is 0 Å². The molecule has 2 aromatic rings. The summed E-state index contributed by atoms with van der Waals surface area (Å²) < 4.78 is 13.7. The van der Waals surface area contributed by atoms with Gasteiger partial charge in [0.25, 0.3) is 0 Å². The van der Waals surface area contributed by atoms with Gasteiger partial charge < -0.3 is 19.4 Å². The fourth-order valence-electron chi connectivity index (χ4n) is 3.62. The Hall–Kier alpha value is -2.08. The molecule has 1 unspecified atom stereocenters. The number of fused-ring (bicyclic) bond motifs is 2. The first kappa shape index (κ1) is 15.4. The molecule has 0 amide bonds. The summed E-state index contributed by atoms with van der Waals surface area (Å²) in [6.45, 7) is 4.56. The second-order valence-corrected chi connectivity index (χ2v) is 6.65. The molecule has 6 heteroatoms. The first-order valence-corrected chi connectivity index (χ1v) is 8.72. The molecule has 2 aliphatic heterocycles. The summed E-state index contributed by atoms with van der Waals surface area (Å²) in [5.74, 6) is 4.05. The molecule has 0 saturated carbocycles. The predicted octanol–water partition coefficient (Wildman–Crippen LogP) is 2.24. The number of nitrogens with one attached hydrogen (secondary N) is 1. The second kappa shape index (κ2) is 6.43. The van der Waals surface area contributed by atoms with E-state index in [2.05, 4.69) is 39.1 Å². The van der Waals surface area contributed by atoms with Gasteiger partial charge in [-0.3, -0.25) is 0 Å². The third-order valence-corrected chi connectivity index (χ3v) is 4.83. The van der Waals surface area contributed by atoms with Gasteiger partial charge in [-0.1, -0.05) is 0 Å². The third-order valence-electron chi connectivity index (χ3n) is 4.83. The summed E-state index contributed by atoms with van der Waals surface area (Å²) >= 11 is 0. The number of aryl methyl sites for hydroxylation is 1. The number of ether oxygens (including phenoxy) is 2. The number of nitrogens with zero attached hydrogens (tertiary/aromatic N) is 3. The summed E-state index contributed by atoms with van der Waals surface area (Å²) in [7, 11) is 1.72. The van der Waals surface area contributed by atoms with Gasteiger partial charge in [-0.15, -0.1) is 10.2 Å². The fraction of sp³-hybridized carbons (Fsp3) is 0.556. The SMILES string of the molecule is COc1cc2c(cc1CNCc1nnc3n1CCCC3)OC(C)C2. The summed E-state index contributed by atoms with van der Waals surface area (Å²) in [5.41, 5.74) is 2.35. The van der Waals surface area contributed by atoms with Crippen molar-refractivity contribution in [3.63, 3.8) is 0 Å². The third kappa shape index (κ3) is 2.86. The topological polar surface area (TPSA) is 61.2 Å². The quantitative estimate of drug-likeness (QED) is 0.912. The van der Waals surface area contributed by atoms with Crippen molar-refractivity contribution in [2.45, 2.75) is 58.3 Å². The molecule has 1 N–H and O–H groups in total. The Bertz CT molecular complexity index is 741. The molecule has 4 rings (SSSR count). The minimum absolute atomic E-state index is 0.246. The number of methoxy groups -OCH3 is 1. The van der Waals surface area contributed by atoms with E-state index in [0.29, 0.717) is 6.54 Å². The van der Waals surface area contributed by atoms with Gasteiger partial charge in [0.15, 0.2) is 0 Å². The van der Waals surface area contributed by atoms with Gasteiger partial charge in [0.1, 0.15) is 29.3 Å². The van der Waals surface area contributed by atoms with Crippen molar-refractivity contribution >= 4 is 0 Å². The molecule has 0 spiro atoms. The van der Waals surface area contributed by atoms with E-state index in [0.717, 1.165) is 54.6 Å². The van der Waals surface area contributed by atoms with E-state index in [1.54, 1.807) is 7.11 Å². The molecule has 0 saturated heterocycles. The van der Waals surface area contributed by atoms with E-state index in [1.807, 2.05) is 0 Å². The average Bonchev–Trinajstić information content (AvgIpc) is 3.16. The monoisotopic (exact) mass is 328 g/mol. The van der Waals surface area contributed by atoms with Crippen LogP contribution in [0.25, 0.3) is 0 Å². The number of rotatable bonds is 5. The van der Waals surface area contributed by atoms with Crippen molar-refractivity contribution in [3.8, 4) is 11.5 Å². The lowest BCUT2D eigenvalue weighted by molar-refractivity contribution is 0.254. The summed E-state index contributed by atoms with van der Waals surface area (Å²) in [6.07, 6.45) is 4.67. The Kier molecular flexibility index (Phi) is 4.14. The molecule has 0 fully saturated rings. The molecule has 2 aliphatic rings. The Morgan fingerprint density at radius 1 is 1.29 bits per heavy atom. The van der Waals surface area contributed by atoms with Gasteiger partial charge in [0.05, 0.1) is 13.7 Å². The van der Waals surface area contributed by atoms with E-state index in [1.165, 1.54) is 18.4 Å². The number of benzene rings is 1. The van der Waals surface area contributed by atoms with E-state index in [4.69, 9.17) is 9.47 Å². The van der Waals surface area contributed by atoms with E-state index < -0.39 is 0 Å². The van der Waals surface area contributed by atoms with Crippen LogP contribution in [0.4, 0.5) is 0 Å². The second-order valence-electron chi connectivity index (χ2n) is 6.65. The van der Waals surface area contributed by atoms with Crippen molar-refractivity contribution in [1.82, 2.24) is 20.1 Å². The van der Waals surface area contributed by atoms with Crippen LogP contribution < -0.4 is 14.8 Å². The number of aromatic nitrogens is 3. The molecular formula is C18H24N4O2. The first-order valence-electron chi connectivity index (χ1n) is 8.72. The maximum absolute atomic E-state index is 5.86. The standard InChI is InChI=1S/C18H24N4O2/c1-12-7-13-8-15(23-2)14(9-16(13)24-12)10-19-11-18-21-20-17-5-3-4-6-22(17)18/h8-9,12,19H,3-7,10-11H2,1-2H3. The fourth-order valence-corrected chi connectivity index (χ4v) is 3.62. The Balaban J connectivity index is 1.44. The van der Waals surface area contributed by atoms with Crippen LogP contribution in [0.3, 0.4) is 0 Å². The molecule has 1 atom stereocenters. The van der Waals surface area contributed by atoms with Crippen molar-refractivity contribution in [1.29, 1.82) is 0 Å². The van der Waals surface area contributed by atoms with Gasteiger partial charge in [-0.2, -0.15) is 0 Å². The van der Waals surface area contributed by atoms with Crippen LogP contribution in [-0.4, -0.2) is 28.0 Å². The van der Waals surface area contributed by atoms with E-state index in [9.17, 15) is 0 Å². The van der Waals surface area contributed by atoms with E-state index in [-0.39, 0.29) is 6.10 Å². The van der Waals surface area contributed by atoms with Crippen molar-refractivity contribution in [2.75, 3.05) is 7.11 Å². The maximum Gasteiger partial charge on any atom is 0.147 e. The van der Waals surface area contributed by atoms with Gasteiger partial charge in [-0.25, -0.2) is 0 Å². The zero-order valence-corrected chi connectivity index (χ0v) is 14.3. The Labute approximate surface area is 142 Å². The lowest BCUT2D eigenvalue weighted by atomic mass is 10.1. The van der Waals surface area contributed by atoms with Gasteiger partial charge in [-0.05, 0) is 31.9 Å². The summed E-state index contributed by atoms with van der Waals surface area (Å²) in [6, 6.07) is 4.21. The first-order chi connectivity index (χ1) is 11.7. The zero-order chi connectivity index (χ0) is 16.5. The molecule has 1 aromatic carbocycles. The summed E-state index contributed by atoms with van der Waals surface area (Å²) in [4.78, 5) is 0. The Morgan fingerprint density at radius 3 is 3.08 bits per heavy atom. The molecule has 128 valence electrons. The van der Waals surface area contributed by atoms with Crippen LogP contribution in [0.2, 0.25) is 0 Å². The van der Waals surface area contributed by atoms with E-state index >= 15 is 0 Å². The number of hydrogen-bond donors (Lipinski definition) is 1. The highest BCUT2D eigenvalue weighted by molar-refractivity contribution is 5.48. The molecule has 6 nitrogen and oxygen atoms in total. The van der Waals surface area contributed by atoms with Crippen LogP contribution >= 0.6 is 0 Å². The molecule has 0 bridgehead atoms. The van der Waals surface area contributed by atoms with Crippen molar-refractivity contribution < 1.29 is 9.47 Å². The van der Waals surface area contributed by atoms with Crippen LogP contribution in [-0.2, 0) is 32.5 Å². The minimum atomic E-state index is 0.246. The van der Waals surface area contributed by atoms with Crippen LogP contribution in [0.5, 0.6) is 11.5 Å². The van der Waals surface area contributed by atoms with Gasteiger partial charge in [0.2, 0.25) is 0 Å². The number of hydrogen-bond acceptors (Lipinski definition) is 5. The van der Waals surface area contributed by atoms with Crippen LogP contribution in [0.15, 0.2) is 12.1 Å². The molecular weight excluding hydrogens is 304 g/mol.